The number of hydrogen-bond acceptors (Lipinski definition) is 8. The Labute approximate surface area is 175 Å². The van der Waals surface area contributed by atoms with Crippen molar-refractivity contribution in [2.75, 3.05) is 13.2 Å². The van der Waals surface area contributed by atoms with Crippen LogP contribution in [0.3, 0.4) is 0 Å². The van der Waals surface area contributed by atoms with Crippen molar-refractivity contribution in [3.63, 3.8) is 0 Å². The minimum Gasteiger partial charge on any atom is -0.458 e. The highest BCUT2D eigenvalue weighted by molar-refractivity contribution is 5.92. The van der Waals surface area contributed by atoms with E-state index in [1.807, 2.05) is 0 Å². The Bertz CT molecular complexity index is 804. The third-order valence-corrected chi connectivity index (χ3v) is 5.23. The summed E-state index contributed by atoms with van der Waals surface area (Å²) in [5.74, 6) is -2.48. The maximum absolute atomic E-state index is 12.5. The third kappa shape index (κ3) is 5.46. The first-order chi connectivity index (χ1) is 14.2. The van der Waals surface area contributed by atoms with Gasteiger partial charge in [-0.15, -0.1) is 0 Å². The standard InChI is InChI=1S/C22H28O8/c1-5-16(11-24)22(27)30-19-9-15(10-23)6-7-17(28-14(4)25)12(2)8-18-20(19)13(3)21(26)29-18/h5-6,8,17-20,23-24H,3,7,9-11H2,1-2,4H3/b12-8-,15-6+,16-5+/t17-,18+,19+,20-/m0/s1. The van der Waals surface area contributed by atoms with Gasteiger partial charge in [-0.1, -0.05) is 18.7 Å². The second kappa shape index (κ2) is 10.4. The minimum atomic E-state index is -0.851. The molecule has 2 rings (SSSR count). The van der Waals surface area contributed by atoms with Crippen molar-refractivity contribution in [1.29, 1.82) is 0 Å². The van der Waals surface area contributed by atoms with Crippen LogP contribution in [0.5, 0.6) is 0 Å². The number of fused-ring (bicyclic) bond motifs is 1. The molecule has 1 saturated heterocycles. The van der Waals surface area contributed by atoms with Gasteiger partial charge >= 0.3 is 17.9 Å². The zero-order valence-electron chi connectivity index (χ0n) is 17.4. The molecule has 0 amide bonds. The second-order valence-corrected chi connectivity index (χ2v) is 7.31. The number of hydrogen-bond donors (Lipinski definition) is 2. The van der Waals surface area contributed by atoms with E-state index >= 15 is 0 Å². The average molecular weight is 420 g/mol. The summed E-state index contributed by atoms with van der Waals surface area (Å²) >= 11 is 0. The topological polar surface area (TPSA) is 119 Å². The summed E-state index contributed by atoms with van der Waals surface area (Å²) in [5.41, 5.74) is 1.44. The molecule has 164 valence electrons. The Morgan fingerprint density at radius 2 is 2.03 bits per heavy atom. The van der Waals surface area contributed by atoms with Gasteiger partial charge in [-0.3, -0.25) is 4.79 Å². The number of rotatable bonds is 5. The molecule has 8 nitrogen and oxygen atoms in total. The van der Waals surface area contributed by atoms with Crippen LogP contribution in [0, 0.1) is 5.92 Å². The smallest absolute Gasteiger partial charge is 0.336 e. The summed E-state index contributed by atoms with van der Waals surface area (Å²) in [5, 5.41) is 19.2. The van der Waals surface area contributed by atoms with Crippen LogP contribution < -0.4 is 0 Å². The van der Waals surface area contributed by atoms with Crippen LogP contribution in [-0.2, 0) is 28.6 Å². The van der Waals surface area contributed by atoms with E-state index in [-0.39, 0.29) is 24.2 Å². The molecule has 2 N–H and O–H groups in total. The molecule has 8 heteroatoms. The molecule has 0 radical (unpaired) electrons. The highest BCUT2D eigenvalue weighted by Crippen LogP contribution is 2.36. The van der Waals surface area contributed by atoms with Crippen molar-refractivity contribution >= 4 is 17.9 Å². The van der Waals surface area contributed by atoms with Crippen LogP contribution in [0.2, 0.25) is 0 Å². The Morgan fingerprint density at radius 1 is 1.33 bits per heavy atom. The van der Waals surface area contributed by atoms with Crippen LogP contribution >= 0.6 is 0 Å². The first kappa shape index (κ1) is 23.6. The van der Waals surface area contributed by atoms with Gasteiger partial charge < -0.3 is 24.4 Å². The Hall–Kier alpha value is -2.71. The predicted octanol–water partition coefficient (Wildman–Crippen LogP) is 1.53. The van der Waals surface area contributed by atoms with Crippen LogP contribution in [0.1, 0.15) is 33.6 Å². The molecular weight excluding hydrogens is 392 g/mol. The lowest BCUT2D eigenvalue weighted by atomic mass is 9.85. The van der Waals surface area contributed by atoms with Crippen LogP contribution in [0.25, 0.3) is 0 Å². The van der Waals surface area contributed by atoms with Gasteiger partial charge in [-0.25, -0.2) is 9.59 Å². The number of esters is 3. The van der Waals surface area contributed by atoms with Gasteiger partial charge in [0.25, 0.3) is 0 Å². The number of aliphatic hydroxyl groups is 2. The number of carbonyl (C=O) groups is 3. The molecule has 0 aromatic heterocycles. The molecule has 0 bridgehead atoms. The van der Waals surface area contributed by atoms with Crippen LogP contribution in [-0.4, -0.2) is 59.6 Å². The molecule has 2 aliphatic rings. The normalized spacial score (nSPS) is 30.9. The lowest BCUT2D eigenvalue weighted by molar-refractivity contribution is -0.148. The molecule has 1 aliphatic heterocycles. The monoisotopic (exact) mass is 420 g/mol. The lowest BCUT2D eigenvalue weighted by Gasteiger charge is -2.29. The van der Waals surface area contributed by atoms with E-state index in [0.29, 0.717) is 17.6 Å². The van der Waals surface area contributed by atoms with Crippen molar-refractivity contribution in [1.82, 2.24) is 0 Å². The van der Waals surface area contributed by atoms with Gasteiger partial charge in [0, 0.05) is 25.3 Å². The van der Waals surface area contributed by atoms with E-state index in [0.717, 1.165) is 0 Å². The fourth-order valence-electron chi connectivity index (χ4n) is 3.55. The van der Waals surface area contributed by atoms with Crippen molar-refractivity contribution in [2.24, 2.45) is 5.92 Å². The van der Waals surface area contributed by atoms with Gasteiger partial charge in [0.2, 0.25) is 0 Å². The Balaban J connectivity index is 2.47. The van der Waals surface area contributed by atoms with Crippen molar-refractivity contribution in [3.8, 4) is 0 Å². The van der Waals surface area contributed by atoms with Crippen molar-refractivity contribution in [2.45, 2.75) is 51.9 Å². The Morgan fingerprint density at radius 3 is 2.60 bits per heavy atom. The summed E-state index contributed by atoms with van der Waals surface area (Å²) in [6, 6.07) is 0. The first-order valence-electron chi connectivity index (χ1n) is 9.72. The summed E-state index contributed by atoms with van der Waals surface area (Å²) in [7, 11) is 0. The molecule has 0 unspecified atom stereocenters. The highest BCUT2D eigenvalue weighted by Gasteiger charge is 2.45. The molecule has 0 aromatic rings. The van der Waals surface area contributed by atoms with Crippen LogP contribution in [0.15, 0.2) is 47.1 Å². The fraction of sp³-hybridized carbons (Fsp3) is 0.500. The Kier molecular flexibility index (Phi) is 8.14. The number of carbonyl (C=O) groups excluding carboxylic acids is 3. The predicted molar refractivity (Wildman–Crippen MR) is 107 cm³/mol. The zero-order valence-corrected chi connectivity index (χ0v) is 17.4. The SMILES string of the molecule is C=C1C(=O)O[C@@H]2/C=C(/C)[C@@H](OC(C)=O)C/C=C(/CO)C[C@@H](OC(=O)/C(=C/C)CO)[C@@H]12. The maximum atomic E-state index is 12.5. The molecular formula is C22H28O8. The van der Waals surface area contributed by atoms with E-state index in [2.05, 4.69) is 6.58 Å². The van der Waals surface area contributed by atoms with Gasteiger partial charge in [-0.2, -0.15) is 0 Å². The average Bonchev–Trinajstić information content (AvgIpc) is 2.96. The van der Waals surface area contributed by atoms with Gasteiger partial charge in [0.1, 0.15) is 18.3 Å². The second-order valence-electron chi connectivity index (χ2n) is 7.31. The lowest BCUT2D eigenvalue weighted by Crippen LogP contribution is -2.35. The highest BCUT2D eigenvalue weighted by atomic mass is 16.6. The number of aliphatic hydroxyl groups excluding tert-OH is 2. The first-order valence-corrected chi connectivity index (χ1v) is 9.72. The van der Waals surface area contributed by atoms with Crippen molar-refractivity contribution < 1.29 is 38.8 Å². The van der Waals surface area contributed by atoms with Crippen molar-refractivity contribution in [3.05, 3.63) is 47.1 Å². The molecule has 0 aromatic carbocycles. The molecule has 0 spiro atoms. The molecule has 1 aliphatic carbocycles. The van der Waals surface area contributed by atoms with E-state index in [1.54, 1.807) is 26.0 Å². The van der Waals surface area contributed by atoms with E-state index in [9.17, 15) is 24.6 Å². The molecule has 4 atom stereocenters. The summed E-state index contributed by atoms with van der Waals surface area (Å²) in [4.78, 5) is 36.2. The van der Waals surface area contributed by atoms with Gasteiger partial charge in [0.15, 0.2) is 0 Å². The summed E-state index contributed by atoms with van der Waals surface area (Å²) in [6.07, 6.45) is 3.08. The quantitative estimate of drug-likeness (QED) is 0.297. The van der Waals surface area contributed by atoms with Crippen LogP contribution in [0.4, 0.5) is 0 Å². The molecule has 1 heterocycles. The molecule has 0 saturated carbocycles. The van der Waals surface area contributed by atoms with E-state index < -0.39 is 48.7 Å². The largest absolute Gasteiger partial charge is 0.458 e. The maximum Gasteiger partial charge on any atom is 0.336 e. The minimum absolute atomic E-state index is 0.0793. The molecule has 1 fully saturated rings. The van der Waals surface area contributed by atoms with Gasteiger partial charge in [-0.05, 0) is 31.1 Å². The van der Waals surface area contributed by atoms with E-state index in [1.165, 1.54) is 13.0 Å². The third-order valence-electron chi connectivity index (χ3n) is 5.23. The molecule has 30 heavy (non-hydrogen) atoms. The fourth-order valence-corrected chi connectivity index (χ4v) is 3.55. The van der Waals surface area contributed by atoms with Gasteiger partial charge in [0.05, 0.1) is 24.7 Å². The number of ether oxygens (including phenoxy) is 3. The van der Waals surface area contributed by atoms with E-state index in [4.69, 9.17) is 14.2 Å². The zero-order chi connectivity index (χ0) is 22.4. The number of allylic oxidation sites excluding steroid dienone is 1. The summed E-state index contributed by atoms with van der Waals surface area (Å²) < 4.78 is 16.4. The summed E-state index contributed by atoms with van der Waals surface area (Å²) in [6.45, 7) is 7.66.